The summed E-state index contributed by atoms with van der Waals surface area (Å²) >= 11 is 1.08. The molecule has 7 nitrogen and oxygen atoms in total. The monoisotopic (exact) mass is 395 g/mol. The Labute approximate surface area is 156 Å². The molecule has 0 aliphatic rings. The summed E-state index contributed by atoms with van der Waals surface area (Å²) in [6, 6.07) is 11.5. The molecule has 0 fully saturated rings. The molecule has 1 atom stereocenters. The lowest BCUT2D eigenvalue weighted by molar-refractivity contribution is -0.123. The van der Waals surface area contributed by atoms with Gasteiger partial charge in [-0.25, -0.2) is 8.42 Å². The molecule has 9 heteroatoms. The van der Waals surface area contributed by atoms with E-state index in [1.54, 1.807) is 11.4 Å². The van der Waals surface area contributed by atoms with Crippen LogP contribution in [0.25, 0.3) is 0 Å². The molecule has 1 heterocycles. The number of rotatable bonds is 9. The first-order valence-electron chi connectivity index (χ1n) is 8.02. The van der Waals surface area contributed by atoms with Gasteiger partial charge in [-0.3, -0.25) is 9.59 Å². The van der Waals surface area contributed by atoms with Crippen LogP contribution in [0.4, 0.5) is 0 Å². The van der Waals surface area contributed by atoms with Crippen molar-refractivity contribution in [3.05, 3.63) is 53.4 Å². The number of hydrogen-bond donors (Lipinski definition) is 3. The van der Waals surface area contributed by atoms with Crippen molar-refractivity contribution in [2.24, 2.45) is 0 Å². The molecule has 0 aliphatic carbocycles. The van der Waals surface area contributed by atoms with Crippen LogP contribution in [0.3, 0.4) is 0 Å². The Kier molecular flexibility index (Phi) is 7.31. The highest BCUT2D eigenvalue weighted by Crippen LogP contribution is 2.15. The van der Waals surface area contributed by atoms with Gasteiger partial charge in [0.15, 0.2) is 0 Å². The van der Waals surface area contributed by atoms with E-state index in [2.05, 4.69) is 15.4 Å². The minimum absolute atomic E-state index is 0.142. The Hall–Kier alpha value is -2.23. The Morgan fingerprint density at radius 3 is 2.38 bits per heavy atom. The van der Waals surface area contributed by atoms with Gasteiger partial charge in [0.1, 0.15) is 4.21 Å². The van der Waals surface area contributed by atoms with Crippen LogP contribution in [-0.2, 0) is 26.0 Å². The summed E-state index contributed by atoms with van der Waals surface area (Å²) < 4.78 is 26.6. The van der Waals surface area contributed by atoms with Gasteiger partial charge in [-0.2, -0.15) is 4.72 Å². The van der Waals surface area contributed by atoms with Crippen molar-refractivity contribution in [3.8, 4) is 0 Å². The predicted molar refractivity (Wildman–Crippen MR) is 100 cm³/mol. The number of sulfonamides is 1. The predicted octanol–water partition coefficient (Wildman–Crippen LogP) is 0.890. The van der Waals surface area contributed by atoms with Gasteiger partial charge in [-0.1, -0.05) is 36.4 Å². The summed E-state index contributed by atoms with van der Waals surface area (Å²) in [6.45, 7) is 1.95. The highest BCUT2D eigenvalue weighted by atomic mass is 32.2. The van der Waals surface area contributed by atoms with E-state index in [-0.39, 0.29) is 29.6 Å². The van der Waals surface area contributed by atoms with Crippen LogP contribution >= 0.6 is 11.3 Å². The molecule has 1 aromatic carbocycles. The number of carbonyl (C=O) groups is 2. The topological polar surface area (TPSA) is 104 Å². The maximum atomic E-state index is 12.1. The minimum Gasteiger partial charge on any atom is -0.354 e. The van der Waals surface area contributed by atoms with E-state index in [1.807, 2.05) is 30.3 Å². The van der Waals surface area contributed by atoms with Crippen molar-refractivity contribution < 1.29 is 18.0 Å². The second-order valence-electron chi connectivity index (χ2n) is 5.58. The van der Waals surface area contributed by atoms with Crippen molar-refractivity contribution in [3.63, 3.8) is 0 Å². The molecule has 2 amide bonds. The molecule has 1 aromatic heterocycles. The van der Waals surface area contributed by atoms with E-state index < -0.39 is 22.0 Å². The summed E-state index contributed by atoms with van der Waals surface area (Å²) in [5, 5.41) is 6.95. The number of benzene rings is 1. The van der Waals surface area contributed by atoms with Crippen LogP contribution in [0.15, 0.2) is 52.1 Å². The first-order valence-corrected chi connectivity index (χ1v) is 10.4. The molecule has 26 heavy (non-hydrogen) atoms. The summed E-state index contributed by atoms with van der Waals surface area (Å²) in [5.74, 6) is -0.598. The molecular weight excluding hydrogens is 374 g/mol. The van der Waals surface area contributed by atoms with E-state index in [0.717, 1.165) is 16.9 Å². The number of nitrogens with one attached hydrogen (secondary N) is 3. The zero-order valence-electron chi connectivity index (χ0n) is 14.3. The third-order valence-corrected chi connectivity index (χ3v) is 6.38. The lowest BCUT2D eigenvalue weighted by atomic mass is 10.1. The second-order valence-corrected chi connectivity index (χ2v) is 8.47. The molecule has 3 N–H and O–H groups in total. The molecular formula is C17H21N3O4S2. The summed E-state index contributed by atoms with van der Waals surface area (Å²) in [7, 11) is -3.70. The van der Waals surface area contributed by atoms with Crippen molar-refractivity contribution >= 4 is 33.2 Å². The van der Waals surface area contributed by atoms with Crippen LogP contribution in [-0.4, -0.2) is 39.4 Å². The van der Waals surface area contributed by atoms with Gasteiger partial charge in [-0.15, -0.1) is 11.3 Å². The number of hydrogen-bond acceptors (Lipinski definition) is 5. The fourth-order valence-electron chi connectivity index (χ4n) is 2.15. The highest BCUT2D eigenvalue weighted by Gasteiger charge is 2.22. The average molecular weight is 396 g/mol. The van der Waals surface area contributed by atoms with Crippen molar-refractivity contribution in [1.29, 1.82) is 0 Å². The maximum Gasteiger partial charge on any atom is 0.250 e. The van der Waals surface area contributed by atoms with Crippen molar-refractivity contribution in [1.82, 2.24) is 15.4 Å². The first-order chi connectivity index (χ1) is 12.4. The number of thiophene rings is 1. The first kappa shape index (κ1) is 20.1. The van der Waals surface area contributed by atoms with E-state index in [9.17, 15) is 18.0 Å². The normalized spacial score (nSPS) is 12.3. The third-order valence-electron chi connectivity index (χ3n) is 3.44. The number of carbonyl (C=O) groups excluding carboxylic acids is 2. The quantitative estimate of drug-likeness (QED) is 0.549. The fraction of sp³-hybridized carbons (Fsp3) is 0.294. The summed E-state index contributed by atoms with van der Waals surface area (Å²) in [5.41, 5.74) is 0.908. The van der Waals surface area contributed by atoms with E-state index in [1.165, 1.54) is 13.0 Å². The van der Waals surface area contributed by atoms with Crippen LogP contribution < -0.4 is 15.4 Å². The van der Waals surface area contributed by atoms with Gasteiger partial charge in [0.2, 0.25) is 11.8 Å². The molecule has 0 radical (unpaired) electrons. The van der Waals surface area contributed by atoms with Gasteiger partial charge in [0.05, 0.1) is 12.5 Å². The molecule has 0 bridgehead atoms. The van der Waals surface area contributed by atoms with Crippen LogP contribution in [0, 0.1) is 0 Å². The number of amides is 2. The zero-order chi connectivity index (χ0) is 19.0. The average Bonchev–Trinajstić information content (AvgIpc) is 3.14. The van der Waals surface area contributed by atoms with Gasteiger partial charge in [-0.05, 0) is 23.9 Å². The van der Waals surface area contributed by atoms with E-state index >= 15 is 0 Å². The van der Waals surface area contributed by atoms with Crippen molar-refractivity contribution in [2.75, 3.05) is 13.1 Å². The molecule has 140 valence electrons. The molecule has 0 saturated carbocycles. The fourth-order valence-corrected chi connectivity index (χ4v) is 4.36. The standard InChI is InChI=1S/C17H21N3O4S2/c1-13(20-26(23,24)16-8-5-11-25-16)17(22)19-10-9-18-15(21)12-14-6-3-2-4-7-14/h2-8,11,13,20H,9-10,12H2,1H3,(H,18,21)(H,19,22). The molecule has 0 saturated heterocycles. The van der Waals surface area contributed by atoms with E-state index in [4.69, 9.17) is 0 Å². The second kappa shape index (κ2) is 9.46. The van der Waals surface area contributed by atoms with Gasteiger partial charge in [0, 0.05) is 13.1 Å². The largest absolute Gasteiger partial charge is 0.354 e. The zero-order valence-corrected chi connectivity index (χ0v) is 15.9. The molecule has 0 aliphatic heterocycles. The Morgan fingerprint density at radius 2 is 1.73 bits per heavy atom. The van der Waals surface area contributed by atoms with Crippen LogP contribution in [0.2, 0.25) is 0 Å². The molecule has 0 spiro atoms. The third kappa shape index (κ3) is 6.25. The Balaban J connectivity index is 1.69. The Bertz CT molecular complexity index is 821. The summed E-state index contributed by atoms with van der Waals surface area (Å²) in [6.07, 6.45) is 0.270. The SMILES string of the molecule is CC(NS(=O)(=O)c1cccs1)C(=O)NCCNC(=O)Cc1ccccc1. The lowest BCUT2D eigenvalue weighted by Crippen LogP contribution is -2.46. The molecule has 1 unspecified atom stereocenters. The summed E-state index contributed by atoms with van der Waals surface area (Å²) in [4.78, 5) is 23.8. The minimum atomic E-state index is -3.70. The molecule has 2 rings (SSSR count). The Morgan fingerprint density at radius 1 is 1.04 bits per heavy atom. The molecule has 2 aromatic rings. The highest BCUT2D eigenvalue weighted by molar-refractivity contribution is 7.91. The van der Waals surface area contributed by atoms with Crippen LogP contribution in [0.5, 0.6) is 0 Å². The maximum absolute atomic E-state index is 12.1. The van der Waals surface area contributed by atoms with Gasteiger partial charge >= 0.3 is 0 Å². The van der Waals surface area contributed by atoms with Gasteiger partial charge < -0.3 is 10.6 Å². The van der Waals surface area contributed by atoms with Gasteiger partial charge in [0.25, 0.3) is 10.0 Å². The van der Waals surface area contributed by atoms with E-state index in [0.29, 0.717) is 0 Å². The van der Waals surface area contributed by atoms with Crippen molar-refractivity contribution in [2.45, 2.75) is 23.6 Å². The smallest absolute Gasteiger partial charge is 0.250 e. The lowest BCUT2D eigenvalue weighted by Gasteiger charge is -2.14. The van der Waals surface area contributed by atoms with Crippen LogP contribution in [0.1, 0.15) is 12.5 Å².